The van der Waals surface area contributed by atoms with E-state index in [1.54, 1.807) is 6.07 Å². The molecule has 1 aromatic carbocycles. The van der Waals surface area contributed by atoms with Gasteiger partial charge < -0.3 is 10.1 Å². The molecule has 0 aliphatic heterocycles. The second-order valence-corrected chi connectivity index (χ2v) is 7.47. The minimum Gasteiger partial charge on any atom is -0.462 e. The fourth-order valence-corrected chi connectivity index (χ4v) is 4.39. The number of carbonyl (C=O) groups is 2. The molecule has 0 saturated heterocycles. The highest BCUT2D eigenvalue weighted by molar-refractivity contribution is 7.17. The summed E-state index contributed by atoms with van der Waals surface area (Å²) in [4.78, 5) is 26.3. The number of aryl methyl sites for hydroxylation is 1. The van der Waals surface area contributed by atoms with Gasteiger partial charge in [-0.2, -0.15) is 0 Å². The minimum absolute atomic E-state index is 0.224. The van der Waals surface area contributed by atoms with Crippen LogP contribution in [0.2, 0.25) is 0 Å². The Morgan fingerprint density at radius 3 is 2.81 bits per heavy atom. The minimum atomic E-state index is -0.470. The zero-order valence-electron chi connectivity index (χ0n) is 14.8. The van der Waals surface area contributed by atoms with E-state index >= 15 is 0 Å². The summed E-state index contributed by atoms with van der Waals surface area (Å²) < 4.78 is 18.7. The van der Waals surface area contributed by atoms with E-state index in [1.165, 1.54) is 29.5 Å². The lowest BCUT2D eigenvalue weighted by atomic mass is 10.1. The quantitative estimate of drug-likeness (QED) is 0.593. The molecule has 1 amide bonds. The maximum absolute atomic E-state index is 13.4. The molecule has 0 atom stereocenters. The average Bonchev–Trinajstić information content (AvgIpc) is 2.80. The van der Waals surface area contributed by atoms with Crippen molar-refractivity contribution >= 4 is 28.2 Å². The van der Waals surface area contributed by atoms with E-state index in [-0.39, 0.29) is 11.5 Å². The van der Waals surface area contributed by atoms with Crippen molar-refractivity contribution in [3.63, 3.8) is 0 Å². The number of hydrogen-bond acceptors (Lipinski definition) is 4. The Kier molecular flexibility index (Phi) is 6.04. The first kappa shape index (κ1) is 18.6. The molecule has 3 rings (SSSR count). The number of halogens is 1. The second kappa shape index (κ2) is 8.45. The number of anilines is 1. The van der Waals surface area contributed by atoms with E-state index in [9.17, 15) is 14.0 Å². The number of rotatable bonds is 5. The van der Waals surface area contributed by atoms with Gasteiger partial charge in [0.15, 0.2) is 0 Å². The van der Waals surface area contributed by atoms with Gasteiger partial charge in [-0.3, -0.25) is 4.79 Å². The van der Waals surface area contributed by atoms with Gasteiger partial charge in [0, 0.05) is 10.4 Å². The fourth-order valence-electron chi connectivity index (χ4n) is 3.12. The smallest absolute Gasteiger partial charge is 0.341 e. The lowest BCUT2D eigenvalue weighted by Gasteiger charge is -2.09. The van der Waals surface area contributed by atoms with Gasteiger partial charge in [-0.15, -0.1) is 11.3 Å². The van der Waals surface area contributed by atoms with Crippen LogP contribution >= 0.6 is 11.3 Å². The van der Waals surface area contributed by atoms with Crippen molar-refractivity contribution < 1.29 is 18.7 Å². The summed E-state index contributed by atoms with van der Waals surface area (Å²) in [5.74, 6) is -1.28. The number of fused-ring (bicyclic) bond motifs is 1. The zero-order valence-corrected chi connectivity index (χ0v) is 15.6. The topological polar surface area (TPSA) is 55.4 Å². The van der Waals surface area contributed by atoms with Crippen LogP contribution in [-0.4, -0.2) is 18.5 Å². The Balaban J connectivity index is 1.92. The molecule has 0 radical (unpaired) electrons. The number of ether oxygens (including phenoxy) is 1. The number of amides is 1. The van der Waals surface area contributed by atoms with Crippen LogP contribution in [-0.2, 0) is 17.6 Å². The molecule has 138 valence electrons. The van der Waals surface area contributed by atoms with Crippen LogP contribution in [0.3, 0.4) is 0 Å². The van der Waals surface area contributed by atoms with Crippen molar-refractivity contribution in [1.82, 2.24) is 0 Å². The molecule has 26 heavy (non-hydrogen) atoms. The van der Waals surface area contributed by atoms with Crippen LogP contribution in [0, 0.1) is 5.82 Å². The number of nitrogens with one attached hydrogen (secondary N) is 1. The number of carbonyl (C=O) groups excluding carboxylic acids is 2. The van der Waals surface area contributed by atoms with Gasteiger partial charge in [-0.25, -0.2) is 9.18 Å². The SMILES string of the molecule is CCCOC(=O)c1c(NC(=O)c2cccc(F)c2)sc2c1CCCCC2. The van der Waals surface area contributed by atoms with Gasteiger partial charge in [-0.1, -0.05) is 19.4 Å². The van der Waals surface area contributed by atoms with E-state index in [0.717, 1.165) is 49.0 Å². The third kappa shape index (κ3) is 4.12. The molecule has 0 spiro atoms. The molecule has 1 N–H and O–H groups in total. The molecular formula is C20H22FNO3S. The highest BCUT2D eigenvalue weighted by Crippen LogP contribution is 2.38. The summed E-state index contributed by atoms with van der Waals surface area (Å²) in [5, 5.41) is 3.31. The number of thiophene rings is 1. The van der Waals surface area contributed by atoms with Crippen molar-refractivity contribution in [2.24, 2.45) is 0 Å². The third-order valence-electron chi connectivity index (χ3n) is 4.38. The normalized spacial score (nSPS) is 13.6. The number of esters is 1. The highest BCUT2D eigenvalue weighted by atomic mass is 32.1. The molecule has 2 aromatic rings. The Labute approximate surface area is 156 Å². The lowest BCUT2D eigenvalue weighted by molar-refractivity contribution is 0.0505. The predicted octanol–water partition coefficient (Wildman–Crippen LogP) is 4.98. The molecule has 0 fully saturated rings. The average molecular weight is 375 g/mol. The van der Waals surface area contributed by atoms with Crippen molar-refractivity contribution in [3.05, 3.63) is 51.7 Å². The molecule has 1 aliphatic carbocycles. The van der Waals surface area contributed by atoms with Crippen molar-refractivity contribution in [3.8, 4) is 0 Å². The molecule has 4 nitrogen and oxygen atoms in total. The van der Waals surface area contributed by atoms with Gasteiger partial charge >= 0.3 is 5.97 Å². The van der Waals surface area contributed by atoms with Crippen molar-refractivity contribution in [2.45, 2.75) is 45.4 Å². The predicted molar refractivity (Wildman–Crippen MR) is 101 cm³/mol. The van der Waals surface area contributed by atoms with Crippen molar-refractivity contribution in [2.75, 3.05) is 11.9 Å². The molecule has 1 aromatic heterocycles. The van der Waals surface area contributed by atoms with Gasteiger partial charge in [0.05, 0.1) is 12.2 Å². The summed E-state index contributed by atoms with van der Waals surface area (Å²) in [6.07, 6.45) is 5.70. The lowest BCUT2D eigenvalue weighted by Crippen LogP contribution is -2.15. The van der Waals surface area contributed by atoms with E-state index in [4.69, 9.17) is 4.74 Å². The maximum Gasteiger partial charge on any atom is 0.341 e. The van der Waals surface area contributed by atoms with Crippen LogP contribution in [0.15, 0.2) is 24.3 Å². The fraction of sp³-hybridized carbons (Fsp3) is 0.400. The summed E-state index contributed by atoms with van der Waals surface area (Å²) in [5.41, 5.74) is 1.70. The molecule has 0 bridgehead atoms. The van der Waals surface area contributed by atoms with Gasteiger partial charge in [0.2, 0.25) is 0 Å². The monoisotopic (exact) mass is 375 g/mol. The molecule has 0 unspecified atom stereocenters. The van der Waals surface area contributed by atoms with Gasteiger partial charge in [0.1, 0.15) is 10.8 Å². The van der Waals surface area contributed by atoms with Crippen molar-refractivity contribution in [1.29, 1.82) is 0 Å². The summed E-state index contributed by atoms with van der Waals surface area (Å²) in [6.45, 7) is 2.29. The number of benzene rings is 1. The second-order valence-electron chi connectivity index (χ2n) is 6.37. The van der Waals surface area contributed by atoms with E-state index in [0.29, 0.717) is 17.2 Å². The summed E-state index contributed by atoms with van der Waals surface area (Å²) >= 11 is 1.44. The van der Waals surface area contributed by atoms with Crippen LogP contribution in [0.5, 0.6) is 0 Å². The van der Waals surface area contributed by atoms with Gasteiger partial charge in [-0.05, 0) is 55.9 Å². The first-order valence-electron chi connectivity index (χ1n) is 8.98. The Morgan fingerprint density at radius 2 is 2.04 bits per heavy atom. The Hall–Kier alpha value is -2.21. The molecule has 6 heteroatoms. The summed E-state index contributed by atoms with van der Waals surface area (Å²) in [7, 11) is 0. The van der Waals surface area contributed by atoms with Crippen LogP contribution in [0.25, 0.3) is 0 Å². The third-order valence-corrected chi connectivity index (χ3v) is 5.58. The first-order chi connectivity index (χ1) is 12.6. The Morgan fingerprint density at radius 1 is 1.23 bits per heavy atom. The highest BCUT2D eigenvalue weighted by Gasteiger charge is 2.27. The first-order valence-corrected chi connectivity index (χ1v) is 9.80. The van der Waals surface area contributed by atoms with E-state index in [2.05, 4.69) is 5.32 Å². The van der Waals surface area contributed by atoms with Gasteiger partial charge in [0.25, 0.3) is 5.91 Å². The standard InChI is InChI=1S/C20H22FNO3S/c1-2-11-25-20(24)17-15-9-4-3-5-10-16(15)26-19(17)22-18(23)13-7-6-8-14(21)12-13/h6-8,12H,2-5,9-11H2,1H3,(H,22,23). The van der Waals surface area contributed by atoms with E-state index in [1.807, 2.05) is 6.92 Å². The van der Waals surface area contributed by atoms with E-state index < -0.39 is 11.7 Å². The van der Waals surface area contributed by atoms with Crippen LogP contribution in [0.1, 0.15) is 63.8 Å². The summed E-state index contributed by atoms with van der Waals surface area (Å²) in [6, 6.07) is 5.51. The Bertz CT molecular complexity index is 815. The maximum atomic E-state index is 13.4. The molecule has 0 saturated carbocycles. The van der Waals surface area contributed by atoms with Crippen LogP contribution in [0.4, 0.5) is 9.39 Å². The molecule has 1 aliphatic rings. The number of hydrogen-bond donors (Lipinski definition) is 1. The zero-order chi connectivity index (χ0) is 18.5. The molecule has 1 heterocycles. The van der Waals surface area contributed by atoms with Crippen LogP contribution < -0.4 is 5.32 Å². The molecular weight excluding hydrogens is 353 g/mol. The largest absolute Gasteiger partial charge is 0.462 e.